The molecule has 4 heteroatoms. The molecule has 0 aliphatic carbocycles. The van der Waals surface area contributed by atoms with Gasteiger partial charge in [0.1, 0.15) is 10.5 Å². The van der Waals surface area contributed by atoms with Gasteiger partial charge in [-0.3, -0.25) is 0 Å². The Morgan fingerprint density at radius 3 is 1.24 bits per heavy atom. The number of benzene rings is 5. The summed E-state index contributed by atoms with van der Waals surface area (Å²) in [5.74, 6) is 0. The van der Waals surface area contributed by atoms with Crippen LogP contribution in [0.25, 0.3) is 0 Å². The first-order chi connectivity index (χ1) is 18.8. The second-order valence-electron chi connectivity index (χ2n) is 8.95. The van der Waals surface area contributed by atoms with Crippen LogP contribution >= 0.6 is 30.2 Å². The fourth-order valence-corrected chi connectivity index (χ4v) is 10.6. The van der Waals surface area contributed by atoms with Gasteiger partial charge in [-0.25, -0.2) is 0 Å². The van der Waals surface area contributed by atoms with Gasteiger partial charge in [0.2, 0.25) is 0 Å². The molecular weight excluding hydrogens is 517 g/mol. The quantitative estimate of drug-likeness (QED) is 0.156. The predicted octanol–water partition coefficient (Wildman–Crippen LogP) is 8.88. The molecule has 1 heterocycles. The van der Waals surface area contributed by atoms with E-state index in [0.717, 1.165) is 0 Å². The molecule has 6 aromatic rings. The maximum atomic E-state index is 4.06. The molecule has 5 aromatic carbocycles. The summed E-state index contributed by atoms with van der Waals surface area (Å²) in [6.07, 6.45) is 0. The van der Waals surface area contributed by atoms with Crippen molar-refractivity contribution in [2.24, 2.45) is 0 Å². The lowest BCUT2D eigenvalue weighted by molar-refractivity contribution is 0.715. The largest absolute Gasteiger partial charge is 0.359 e. The molecule has 1 nitrogen and oxygen atoms in total. The van der Waals surface area contributed by atoms with Gasteiger partial charge in [-0.1, -0.05) is 150 Å². The average Bonchev–Trinajstić information content (AvgIpc) is 3.46. The number of rotatable bonds is 7. The zero-order valence-electron chi connectivity index (χ0n) is 20.8. The molecular formula is C34H27NPS2+. The van der Waals surface area contributed by atoms with Crippen LogP contribution in [-0.2, 0) is 5.54 Å². The molecule has 0 saturated heterocycles. The Morgan fingerprint density at radius 1 is 0.474 bits per heavy atom. The van der Waals surface area contributed by atoms with Gasteiger partial charge >= 0.3 is 0 Å². The number of hydrogen-bond acceptors (Lipinski definition) is 3. The summed E-state index contributed by atoms with van der Waals surface area (Å²) in [6, 6.07) is 54.2. The molecule has 1 aromatic heterocycles. The molecule has 0 fully saturated rings. The van der Waals surface area contributed by atoms with Gasteiger partial charge in [0.25, 0.3) is 3.57 Å². The van der Waals surface area contributed by atoms with Crippen LogP contribution in [0.15, 0.2) is 157 Å². The van der Waals surface area contributed by atoms with E-state index in [1.807, 2.05) is 22.7 Å². The van der Waals surface area contributed by atoms with Crippen LogP contribution < -0.4 is 15.9 Å². The average molecular weight is 545 g/mol. The Morgan fingerprint density at radius 2 is 0.842 bits per heavy atom. The first-order valence-corrected chi connectivity index (χ1v) is 15.6. The van der Waals surface area contributed by atoms with E-state index in [2.05, 4.69) is 162 Å². The molecule has 0 saturated carbocycles. The van der Waals surface area contributed by atoms with Crippen LogP contribution in [0.3, 0.4) is 0 Å². The highest BCUT2D eigenvalue weighted by atomic mass is 32.2. The Balaban J connectivity index is 1.57. The van der Waals surface area contributed by atoms with Crippen molar-refractivity contribution in [1.82, 2.24) is 0 Å². The van der Waals surface area contributed by atoms with Crippen LogP contribution in [0.1, 0.15) is 16.7 Å². The maximum absolute atomic E-state index is 4.06. The fourth-order valence-electron chi connectivity index (χ4n) is 4.88. The molecule has 0 bridgehead atoms. The van der Waals surface area contributed by atoms with Gasteiger partial charge < -0.3 is 5.32 Å². The minimum Gasteiger partial charge on any atom is -0.359 e. The van der Waals surface area contributed by atoms with Crippen molar-refractivity contribution in [3.05, 3.63) is 177 Å². The highest BCUT2D eigenvalue weighted by molar-refractivity contribution is 7.70. The summed E-state index contributed by atoms with van der Waals surface area (Å²) >= 11 is 3.74. The van der Waals surface area contributed by atoms with E-state index in [-0.39, 0.29) is 0 Å². The summed E-state index contributed by atoms with van der Waals surface area (Å²) in [5, 5.41) is 10.3. The Kier molecular flexibility index (Phi) is 7.33. The second kappa shape index (κ2) is 11.3. The lowest BCUT2D eigenvalue weighted by Gasteiger charge is -2.37. The van der Waals surface area contributed by atoms with E-state index >= 15 is 0 Å². The third-order valence-corrected chi connectivity index (χ3v) is 12.1. The van der Waals surface area contributed by atoms with Crippen LogP contribution in [0.5, 0.6) is 0 Å². The standard InChI is InChI=1S/C34H27NPS2/c1-6-16-27(17-7-1)34(28-18-8-2-9-19-28,29-20-10-3-11-21-29)35-32-26-37-33(38-32)36(30-22-12-4-13-23-30)31-24-14-5-15-25-31/h1-26,35H/q+1. The molecule has 0 unspecified atom stereocenters. The molecule has 0 aliphatic rings. The van der Waals surface area contributed by atoms with Gasteiger partial charge in [-0.15, -0.1) is 0 Å². The zero-order chi connectivity index (χ0) is 25.6. The molecule has 0 amide bonds. The molecule has 184 valence electrons. The minimum absolute atomic E-state index is 0.527. The normalized spacial score (nSPS) is 11.2. The van der Waals surface area contributed by atoms with E-state index in [9.17, 15) is 0 Å². The summed E-state index contributed by atoms with van der Waals surface area (Å²) in [7, 11) is -0.632. The van der Waals surface area contributed by atoms with Gasteiger partial charge in [-0.05, 0) is 41.0 Å². The smallest absolute Gasteiger partial charge is 0.264 e. The summed E-state index contributed by atoms with van der Waals surface area (Å²) < 4.78 is 1.42. The van der Waals surface area contributed by atoms with Crippen molar-refractivity contribution in [3.63, 3.8) is 0 Å². The molecule has 6 rings (SSSR count). The molecule has 0 aliphatic heterocycles. The van der Waals surface area contributed by atoms with Crippen molar-refractivity contribution in [3.8, 4) is 0 Å². The first-order valence-electron chi connectivity index (χ1n) is 12.6. The van der Waals surface area contributed by atoms with Gasteiger partial charge in [-0.2, -0.15) is 0 Å². The molecule has 0 spiro atoms. The van der Waals surface area contributed by atoms with E-state index in [4.69, 9.17) is 0 Å². The number of nitrogens with one attached hydrogen (secondary N) is 1. The van der Waals surface area contributed by atoms with Crippen LogP contribution in [-0.4, -0.2) is 0 Å². The maximum Gasteiger partial charge on any atom is 0.264 e. The predicted molar refractivity (Wildman–Crippen MR) is 167 cm³/mol. The van der Waals surface area contributed by atoms with Gasteiger partial charge in [0.15, 0.2) is 18.2 Å². The van der Waals surface area contributed by atoms with E-state index in [0.29, 0.717) is 0 Å². The zero-order valence-corrected chi connectivity index (χ0v) is 23.3. The third kappa shape index (κ3) is 4.89. The van der Waals surface area contributed by atoms with Crippen LogP contribution in [0.2, 0.25) is 0 Å². The highest BCUT2D eigenvalue weighted by Crippen LogP contribution is 2.43. The van der Waals surface area contributed by atoms with Crippen molar-refractivity contribution in [2.75, 3.05) is 5.32 Å². The lowest BCUT2D eigenvalue weighted by Crippen LogP contribution is -2.37. The van der Waals surface area contributed by atoms with E-state index in [1.165, 1.54) is 35.9 Å². The van der Waals surface area contributed by atoms with Crippen molar-refractivity contribution < 1.29 is 0 Å². The lowest BCUT2D eigenvalue weighted by atomic mass is 9.77. The van der Waals surface area contributed by atoms with E-state index in [1.54, 1.807) is 0 Å². The Hall–Kier alpha value is -3.75. The van der Waals surface area contributed by atoms with Gasteiger partial charge in [0, 0.05) is 5.38 Å². The number of anilines is 1. The topological polar surface area (TPSA) is 12.0 Å². The van der Waals surface area contributed by atoms with Crippen LogP contribution in [0, 0.1) is 3.57 Å². The van der Waals surface area contributed by atoms with E-state index < -0.39 is 13.1 Å². The van der Waals surface area contributed by atoms with Crippen LogP contribution in [0.4, 0.5) is 5.00 Å². The van der Waals surface area contributed by atoms with Gasteiger partial charge in [0.05, 0.1) is 0 Å². The molecule has 1 N–H and O–H groups in total. The monoisotopic (exact) mass is 544 g/mol. The fraction of sp³-hybridized carbons (Fsp3) is 0.0294. The number of hydrogen-bond donors (Lipinski definition) is 1. The minimum atomic E-state index is -0.632. The third-order valence-electron chi connectivity index (χ3n) is 6.61. The SMILES string of the molecule is c1ccc([P+](c2ccccc2)=c2scc(NC(c3ccccc3)(c3ccccc3)c3ccccc3)s2)cc1. The first kappa shape index (κ1) is 24.6. The van der Waals surface area contributed by atoms with Crippen molar-refractivity contribution in [2.45, 2.75) is 5.54 Å². The van der Waals surface area contributed by atoms with Crippen molar-refractivity contribution in [1.29, 1.82) is 0 Å². The summed E-state index contributed by atoms with van der Waals surface area (Å²) in [5.41, 5.74) is 3.11. The van der Waals surface area contributed by atoms with Crippen molar-refractivity contribution >= 4 is 45.8 Å². The molecule has 0 atom stereocenters. The Bertz CT molecular complexity index is 1520. The molecule has 0 radical (unpaired) electrons. The molecule has 38 heavy (non-hydrogen) atoms. The summed E-state index contributed by atoms with van der Waals surface area (Å²) in [4.78, 5) is 0. The second-order valence-corrected chi connectivity index (χ2v) is 13.9. The Labute approximate surface area is 233 Å². The summed E-state index contributed by atoms with van der Waals surface area (Å²) in [6.45, 7) is 0. The highest BCUT2D eigenvalue weighted by Gasteiger charge is 2.37.